The molecule has 32 heavy (non-hydrogen) atoms. The zero-order valence-corrected chi connectivity index (χ0v) is 18.1. The Labute approximate surface area is 197 Å². The van der Waals surface area contributed by atoms with Gasteiger partial charge < -0.3 is 4.98 Å². The van der Waals surface area contributed by atoms with E-state index in [0.717, 1.165) is 33.5 Å². The maximum Gasteiger partial charge on any atom is 2.00 e. The minimum atomic E-state index is 0. The van der Waals surface area contributed by atoms with Gasteiger partial charge in [-0.15, -0.1) is 35.3 Å². The molecule has 0 atom stereocenters. The van der Waals surface area contributed by atoms with Crippen molar-refractivity contribution in [2.75, 3.05) is 0 Å². The van der Waals surface area contributed by atoms with Gasteiger partial charge in [-0.25, -0.2) is 0 Å². The summed E-state index contributed by atoms with van der Waals surface area (Å²) in [5.74, 6) is 0. The number of nitrogens with zero attached hydrogens (tertiary/aromatic N) is 3. The molecule has 0 N–H and O–H groups in total. The van der Waals surface area contributed by atoms with Crippen molar-refractivity contribution in [3.63, 3.8) is 0 Å². The van der Waals surface area contributed by atoms with E-state index >= 15 is 0 Å². The molecule has 3 aromatic heterocycles. The fraction of sp³-hybridized carbons (Fsp3) is 0. The first-order valence-corrected chi connectivity index (χ1v) is 10.1. The van der Waals surface area contributed by atoms with Crippen molar-refractivity contribution in [2.24, 2.45) is 0 Å². The molecular weight excluding hydrogens is 437 g/mol. The van der Waals surface area contributed by atoms with Crippen LogP contribution < -0.4 is 4.98 Å². The monoisotopic (exact) mass is 455 g/mol. The van der Waals surface area contributed by atoms with Crippen molar-refractivity contribution in [3.05, 3.63) is 122 Å². The van der Waals surface area contributed by atoms with Crippen LogP contribution in [0.15, 0.2) is 116 Å². The first-order valence-electron chi connectivity index (χ1n) is 10.1. The van der Waals surface area contributed by atoms with Gasteiger partial charge in [0.05, 0.1) is 0 Å². The van der Waals surface area contributed by atoms with Crippen molar-refractivity contribution in [1.29, 1.82) is 0 Å². The smallest absolute Gasteiger partial charge is 0.657 e. The van der Waals surface area contributed by atoms with Gasteiger partial charge in [0.25, 0.3) is 0 Å². The van der Waals surface area contributed by atoms with Crippen LogP contribution in [-0.4, -0.2) is 9.97 Å². The minimum Gasteiger partial charge on any atom is -0.657 e. The number of benzene rings is 3. The largest absolute Gasteiger partial charge is 2.00 e. The Balaban J connectivity index is 0.000000155. The topological polar surface area (TPSA) is 39.9 Å². The summed E-state index contributed by atoms with van der Waals surface area (Å²) in [5, 5.41) is 2.50. The normalized spacial score (nSPS) is 10.2. The van der Waals surface area contributed by atoms with E-state index < -0.39 is 0 Å². The SMILES string of the molecule is [Ni+2].[c-]1c(-c2ccccn2)cccc1-c1ccccn1.c1ccc2c(c1)[n-]c1ccccc12. The third-order valence-electron chi connectivity index (χ3n) is 5.02. The number of fused-ring (bicyclic) bond motifs is 3. The van der Waals surface area contributed by atoms with E-state index in [-0.39, 0.29) is 16.5 Å². The molecule has 0 aliphatic heterocycles. The van der Waals surface area contributed by atoms with Gasteiger partial charge in [0, 0.05) is 23.8 Å². The van der Waals surface area contributed by atoms with Crippen LogP contribution in [0.1, 0.15) is 0 Å². The van der Waals surface area contributed by atoms with E-state index in [2.05, 4.69) is 57.4 Å². The molecule has 4 heteroatoms. The number of aromatic nitrogens is 3. The van der Waals surface area contributed by atoms with Crippen LogP contribution in [0.2, 0.25) is 0 Å². The van der Waals surface area contributed by atoms with Gasteiger partial charge in [-0.2, -0.15) is 0 Å². The van der Waals surface area contributed by atoms with E-state index in [1.54, 1.807) is 12.4 Å². The van der Waals surface area contributed by atoms with Crippen molar-refractivity contribution >= 4 is 21.8 Å². The van der Waals surface area contributed by atoms with E-state index in [9.17, 15) is 0 Å². The van der Waals surface area contributed by atoms with Crippen LogP contribution in [0, 0.1) is 6.07 Å². The second-order valence-corrected chi connectivity index (χ2v) is 7.05. The Bertz CT molecular complexity index is 1320. The predicted molar refractivity (Wildman–Crippen MR) is 127 cm³/mol. The van der Waals surface area contributed by atoms with Crippen molar-refractivity contribution < 1.29 is 16.5 Å². The van der Waals surface area contributed by atoms with Gasteiger partial charge in [0.1, 0.15) is 0 Å². The van der Waals surface area contributed by atoms with Gasteiger partial charge >= 0.3 is 16.5 Å². The van der Waals surface area contributed by atoms with Crippen LogP contribution >= 0.6 is 0 Å². The molecule has 6 aromatic rings. The fourth-order valence-corrected chi connectivity index (χ4v) is 3.54. The predicted octanol–water partition coefficient (Wildman–Crippen LogP) is 6.56. The average molecular weight is 456 g/mol. The Morgan fingerprint density at radius 2 is 0.969 bits per heavy atom. The second-order valence-electron chi connectivity index (χ2n) is 7.05. The molecule has 0 fully saturated rings. The molecule has 0 saturated carbocycles. The van der Waals surface area contributed by atoms with Crippen molar-refractivity contribution in [3.8, 4) is 22.5 Å². The first kappa shape index (κ1) is 21.5. The molecule has 0 spiro atoms. The Hall–Kier alpha value is -3.75. The summed E-state index contributed by atoms with van der Waals surface area (Å²) in [6.45, 7) is 0. The number of hydrogen-bond donors (Lipinski definition) is 0. The third-order valence-corrected chi connectivity index (χ3v) is 5.02. The molecule has 0 aliphatic rings. The molecule has 3 heterocycles. The summed E-state index contributed by atoms with van der Waals surface area (Å²) in [6.07, 6.45) is 3.58. The van der Waals surface area contributed by atoms with Crippen molar-refractivity contribution in [2.45, 2.75) is 0 Å². The third kappa shape index (κ3) is 4.61. The summed E-state index contributed by atoms with van der Waals surface area (Å²) >= 11 is 0. The molecule has 3 nitrogen and oxygen atoms in total. The number of hydrogen-bond acceptors (Lipinski definition) is 2. The quantitative estimate of drug-likeness (QED) is 0.219. The van der Waals surface area contributed by atoms with E-state index in [4.69, 9.17) is 0 Å². The first-order chi connectivity index (χ1) is 15.4. The van der Waals surface area contributed by atoms with E-state index in [1.165, 1.54) is 10.8 Å². The molecule has 156 valence electrons. The van der Waals surface area contributed by atoms with Gasteiger partial charge in [-0.05, 0) is 22.9 Å². The molecule has 0 aliphatic carbocycles. The zero-order chi connectivity index (χ0) is 20.9. The molecule has 0 saturated heterocycles. The maximum absolute atomic E-state index is 4.52. The zero-order valence-electron chi connectivity index (χ0n) is 17.1. The van der Waals surface area contributed by atoms with Gasteiger partial charge in [-0.1, -0.05) is 83.9 Å². The number of rotatable bonds is 2. The van der Waals surface area contributed by atoms with Gasteiger partial charge in [0.15, 0.2) is 0 Å². The van der Waals surface area contributed by atoms with Crippen LogP contribution in [0.4, 0.5) is 0 Å². The van der Waals surface area contributed by atoms with Crippen LogP contribution in [0.5, 0.6) is 0 Å². The van der Waals surface area contributed by atoms with Crippen LogP contribution in [0.3, 0.4) is 0 Å². The average Bonchev–Trinajstić information content (AvgIpc) is 3.24. The van der Waals surface area contributed by atoms with Crippen molar-refractivity contribution in [1.82, 2.24) is 15.0 Å². The molecule has 3 aromatic carbocycles. The van der Waals surface area contributed by atoms with E-state index in [1.807, 2.05) is 66.7 Å². The summed E-state index contributed by atoms with van der Waals surface area (Å²) < 4.78 is 0. The molecule has 6 rings (SSSR count). The second kappa shape index (κ2) is 10.0. The molecule has 0 radical (unpaired) electrons. The molecule has 0 bridgehead atoms. The van der Waals surface area contributed by atoms with Gasteiger partial charge in [0.2, 0.25) is 0 Å². The summed E-state index contributed by atoms with van der Waals surface area (Å²) in [5.41, 5.74) is 6.00. The Morgan fingerprint density at radius 3 is 1.44 bits per heavy atom. The van der Waals surface area contributed by atoms with Crippen LogP contribution in [-0.2, 0) is 16.5 Å². The minimum absolute atomic E-state index is 0. The van der Waals surface area contributed by atoms with Crippen LogP contribution in [0.25, 0.3) is 44.3 Å². The molecule has 0 amide bonds. The Morgan fingerprint density at radius 1 is 0.500 bits per heavy atom. The number of para-hydroxylation sites is 2. The van der Waals surface area contributed by atoms with Gasteiger partial charge in [-0.3, -0.25) is 9.97 Å². The molecular formula is C28H19N3Ni. The standard InChI is InChI=1S/C16H11N2.C12H8N.Ni/c1-3-10-17-15(8-1)13-6-5-7-14(12-13)16-9-2-4-11-18-16;1-3-7-11-9(5-1)10-6-2-4-8-12(10)13-11;/h1-11H;1-8H;/q2*-1;+2. The number of pyridine rings is 2. The Kier molecular flexibility index (Phi) is 6.74. The maximum atomic E-state index is 4.52. The fourth-order valence-electron chi connectivity index (χ4n) is 3.54. The summed E-state index contributed by atoms with van der Waals surface area (Å²) in [7, 11) is 0. The molecule has 0 unspecified atom stereocenters. The summed E-state index contributed by atoms with van der Waals surface area (Å²) in [4.78, 5) is 13.2. The summed E-state index contributed by atoms with van der Waals surface area (Å²) in [6, 6.07) is 37.6. The van der Waals surface area contributed by atoms with E-state index in [0.29, 0.717) is 0 Å².